The van der Waals surface area contributed by atoms with Crippen molar-refractivity contribution in [3.8, 4) is 5.75 Å². The van der Waals surface area contributed by atoms with Crippen molar-refractivity contribution in [1.82, 2.24) is 5.32 Å². The summed E-state index contributed by atoms with van der Waals surface area (Å²) in [7, 11) is 1.69. The van der Waals surface area contributed by atoms with Crippen LogP contribution in [-0.4, -0.2) is 13.7 Å². The quantitative estimate of drug-likeness (QED) is 0.685. The lowest BCUT2D eigenvalue weighted by Gasteiger charge is -2.13. The van der Waals surface area contributed by atoms with Gasteiger partial charge in [0.05, 0.1) is 7.11 Å². The van der Waals surface area contributed by atoms with Crippen molar-refractivity contribution >= 4 is 10.8 Å². The summed E-state index contributed by atoms with van der Waals surface area (Å²) in [4.78, 5) is 0. The van der Waals surface area contributed by atoms with Crippen LogP contribution in [-0.2, 0) is 13.0 Å². The summed E-state index contributed by atoms with van der Waals surface area (Å²) in [6.07, 6.45) is 0.796. The van der Waals surface area contributed by atoms with E-state index in [9.17, 15) is 4.39 Å². The molecule has 3 rings (SSSR count). The first kappa shape index (κ1) is 15.5. The molecule has 3 aromatic rings. The van der Waals surface area contributed by atoms with Crippen molar-refractivity contribution < 1.29 is 9.13 Å². The molecule has 2 nitrogen and oxygen atoms in total. The predicted molar refractivity (Wildman–Crippen MR) is 92.3 cm³/mol. The first-order chi connectivity index (χ1) is 11.3. The van der Waals surface area contributed by atoms with Crippen LogP contribution in [0.4, 0.5) is 4.39 Å². The molecule has 0 heterocycles. The van der Waals surface area contributed by atoms with Crippen LogP contribution >= 0.6 is 0 Å². The third-order valence-electron chi connectivity index (χ3n) is 4.00. The molecule has 0 unspecified atom stereocenters. The molecule has 0 spiro atoms. The van der Waals surface area contributed by atoms with Gasteiger partial charge in [-0.05, 0) is 47.5 Å². The maximum Gasteiger partial charge on any atom is 0.123 e. The van der Waals surface area contributed by atoms with Crippen LogP contribution in [0.3, 0.4) is 0 Å². The summed E-state index contributed by atoms with van der Waals surface area (Å²) in [5.74, 6) is 0.708. The largest absolute Gasteiger partial charge is 0.496 e. The van der Waals surface area contributed by atoms with E-state index in [-0.39, 0.29) is 5.82 Å². The molecule has 1 N–H and O–H groups in total. The standard InChI is InChI=1S/C20H20FNO/c1-23-20-10-9-16-6-2-3-8-18(16)19(20)14-22-12-11-15-5-4-7-17(21)13-15/h2-10,13,22H,11-12,14H2,1H3. The van der Waals surface area contributed by atoms with Crippen LogP contribution in [0.15, 0.2) is 60.7 Å². The van der Waals surface area contributed by atoms with Crippen LogP contribution in [0, 0.1) is 5.82 Å². The number of hydrogen-bond donors (Lipinski definition) is 1. The topological polar surface area (TPSA) is 21.3 Å². The van der Waals surface area contributed by atoms with Crippen LogP contribution in [0.5, 0.6) is 5.75 Å². The third-order valence-corrected chi connectivity index (χ3v) is 4.00. The highest BCUT2D eigenvalue weighted by atomic mass is 19.1. The second kappa shape index (κ2) is 7.25. The number of hydrogen-bond acceptors (Lipinski definition) is 2. The molecule has 0 saturated heterocycles. The number of nitrogens with one attached hydrogen (secondary N) is 1. The highest BCUT2D eigenvalue weighted by Crippen LogP contribution is 2.27. The third kappa shape index (κ3) is 3.69. The molecule has 0 saturated carbocycles. The lowest BCUT2D eigenvalue weighted by molar-refractivity contribution is 0.409. The lowest BCUT2D eigenvalue weighted by atomic mass is 10.0. The fraction of sp³-hybridized carbons (Fsp3) is 0.200. The highest BCUT2D eigenvalue weighted by molar-refractivity contribution is 5.87. The van der Waals surface area contributed by atoms with E-state index in [4.69, 9.17) is 4.74 Å². The Labute approximate surface area is 135 Å². The molecule has 0 radical (unpaired) electrons. The number of halogens is 1. The van der Waals surface area contributed by atoms with Gasteiger partial charge in [-0.25, -0.2) is 4.39 Å². The summed E-state index contributed by atoms with van der Waals surface area (Å²) >= 11 is 0. The maximum atomic E-state index is 13.2. The predicted octanol–water partition coefficient (Wildman–Crippen LogP) is 4.32. The minimum absolute atomic E-state index is 0.182. The molecular weight excluding hydrogens is 289 g/mol. The van der Waals surface area contributed by atoms with Gasteiger partial charge in [0.15, 0.2) is 0 Å². The minimum atomic E-state index is -0.182. The first-order valence-corrected chi connectivity index (χ1v) is 7.77. The summed E-state index contributed by atoms with van der Waals surface area (Å²) in [5.41, 5.74) is 2.16. The smallest absolute Gasteiger partial charge is 0.123 e. The normalized spacial score (nSPS) is 10.9. The van der Waals surface area contributed by atoms with Crippen molar-refractivity contribution in [2.24, 2.45) is 0 Å². The second-order valence-corrected chi connectivity index (χ2v) is 5.52. The van der Waals surface area contributed by atoms with Crippen LogP contribution < -0.4 is 10.1 Å². The zero-order chi connectivity index (χ0) is 16.1. The number of methoxy groups -OCH3 is 1. The van der Waals surface area contributed by atoms with E-state index >= 15 is 0 Å². The van der Waals surface area contributed by atoms with Gasteiger partial charge in [-0.1, -0.05) is 42.5 Å². The average molecular weight is 309 g/mol. The van der Waals surface area contributed by atoms with Crippen molar-refractivity contribution in [2.45, 2.75) is 13.0 Å². The number of rotatable bonds is 6. The molecule has 0 aliphatic rings. The molecule has 118 valence electrons. The molecule has 0 bridgehead atoms. The number of fused-ring (bicyclic) bond motifs is 1. The molecule has 3 heteroatoms. The number of benzene rings is 3. The van der Waals surface area contributed by atoms with E-state index in [0.717, 1.165) is 36.4 Å². The van der Waals surface area contributed by atoms with Gasteiger partial charge in [-0.15, -0.1) is 0 Å². The maximum absolute atomic E-state index is 13.2. The fourth-order valence-corrected chi connectivity index (χ4v) is 2.83. The average Bonchev–Trinajstić information content (AvgIpc) is 2.58. The van der Waals surface area contributed by atoms with Gasteiger partial charge in [0.1, 0.15) is 11.6 Å². The fourth-order valence-electron chi connectivity index (χ4n) is 2.83. The zero-order valence-electron chi connectivity index (χ0n) is 13.2. The summed E-state index contributed by atoms with van der Waals surface area (Å²) < 4.78 is 18.7. The van der Waals surface area contributed by atoms with Gasteiger partial charge in [0.2, 0.25) is 0 Å². The SMILES string of the molecule is COc1ccc2ccccc2c1CNCCc1cccc(F)c1. The van der Waals surface area contributed by atoms with Crippen molar-refractivity contribution in [2.75, 3.05) is 13.7 Å². The number of ether oxygens (including phenoxy) is 1. The molecule has 0 aromatic heterocycles. The van der Waals surface area contributed by atoms with Crippen LogP contribution in [0.2, 0.25) is 0 Å². The molecular formula is C20H20FNO. The zero-order valence-corrected chi connectivity index (χ0v) is 13.2. The Kier molecular flexibility index (Phi) is 4.89. The van der Waals surface area contributed by atoms with Crippen LogP contribution in [0.1, 0.15) is 11.1 Å². The van der Waals surface area contributed by atoms with Gasteiger partial charge in [-0.3, -0.25) is 0 Å². The van der Waals surface area contributed by atoms with Crippen molar-refractivity contribution in [1.29, 1.82) is 0 Å². The first-order valence-electron chi connectivity index (χ1n) is 7.77. The molecule has 0 fully saturated rings. The van der Waals surface area contributed by atoms with Gasteiger partial charge in [-0.2, -0.15) is 0 Å². The van der Waals surface area contributed by atoms with Gasteiger partial charge in [0, 0.05) is 12.1 Å². The van der Waals surface area contributed by atoms with Gasteiger partial charge in [0.25, 0.3) is 0 Å². The van der Waals surface area contributed by atoms with E-state index in [2.05, 4.69) is 23.5 Å². The van der Waals surface area contributed by atoms with Crippen molar-refractivity contribution in [3.05, 3.63) is 77.6 Å². The Morgan fingerprint density at radius 1 is 1.00 bits per heavy atom. The Morgan fingerprint density at radius 3 is 2.70 bits per heavy atom. The molecule has 0 aliphatic carbocycles. The summed E-state index contributed by atoms with van der Waals surface area (Å²) in [6, 6.07) is 19.1. The molecule has 0 atom stereocenters. The Balaban J connectivity index is 1.69. The Bertz CT molecular complexity index is 801. The second-order valence-electron chi connectivity index (χ2n) is 5.52. The van der Waals surface area contributed by atoms with E-state index in [1.54, 1.807) is 19.2 Å². The molecule has 3 aromatic carbocycles. The minimum Gasteiger partial charge on any atom is -0.496 e. The summed E-state index contributed by atoms with van der Waals surface area (Å²) in [5, 5.41) is 5.84. The molecule has 0 aliphatic heterocycles. The lowest BCUT2D eigenvalue weighted by Crippen LogP contribution is -2.17. The van der Waals surface area contributed by atoms with Crippen molar-refractivity contribution in [3.63, 3.8) is 0 Å². The Hall–Kier alpha value is -2.39. The van der Waals surface area contributed by atoms with E-state index in [1.165, 1.54) is 16.8 Å². The Morgan fingerprint density at radius 2 is 1.87 bits per heavy atom. The van der Waals surface area contributed by atoms with Gasteiger partial charge >= 0.3 is 0 Å². The van der Waals surface area contributed by atoms with Crippen LogP contribution in [0.25, 0.3) is 10.8 Å². The van der Waals surface area contributed by atoms with E-state index in [0.29, 0.717) is 0 Å². The molecule has 0 amide bonds. The highest BCUT2D eigenvalue weighted by Gasteiger charge is 2.07. The monoisotopic (exact) mass is 309 g/mol. The molecule has 23 heavy (non-hydrogen) atoms. The van der Waals surface area contributed by atoms with E-state index in [1.807, 2.05) is 24.3 Å². The van der Waals surface area contributed by atoms with E-state index < -0.39 is 0 Å². The van der Waals surface area contributed by atoms with Gasteiger partial charge < -0.3 is 10.1 Å². The summed E-state index contributed by atoms with van der Waals surface area (Å²) in [6.45, 7) is 1.51.